The molecule has 5 heterocycles. The van der Waals surface area contributed by atoms with Gasteiger partial charge in [0, 0.05) is 72.1 Å². The summed E-state index contributed by atoms with van der Waals surface area (Å²) in [6.45, 7) is 50.4. The molecule has 77 heavy (non-hydrogen) atoms. The van der Waals surface area contributed by atoms with Crippen LogP contribution in [0.25, 0.3) is 0 Å². The number of amides is 2. The van der Waals surface area contributed by atoms with Crippen molar-refractivity contribution in [3.8, 4) is 0 Å². The quantitative estimate of drug-likeness (QED) is 0.133. The number of halogens is 2. The van der Waals surface area contributed by atoms with E-state index < -0.39 is 0 Å². The number of hydrogen-bond donors (Lipinski definition) is 3. The first-order chi connectivity index (χ1) is 36.8. The molecule has 0 unspecified atom stereocenters. The third-order valence-electron chi connectivity index (χ3n) is 10.9. The minimum absolute atomic E-state index is 0. The second-order valence-electron chi connectivity index (χ2n) is 15.8. The molecule has 2 aliphatic heterocycles. The van der Waals surface area contributed by atoms with Gasteiger partial charge in [-0.3, -0.25) is 19.6 Å². The minimum atomic E-state index is -0.0175. The number of pyridine rings is 3. The van der Waals surface area contributed by atoms with Crippen LogP contribution in [-0.2, 0) is 38.8 Å². The number of aryl methyl sites for hydroxylation is 7. The second kappa shape index (κ2) is 56.5. The molecular formula is C66H115BrIN7O2. The Bertz CT molecular complexity index is 2200. The zero-order valence-electron chi connectivity index (χ0n) is 53.8. The zero-order valence-corrected chi connectivity index (χ0v) is 57.7. The van der Waals surface area contributed by atoms with Gasteiger partial charge >= 0.3 is 0 Å². The van der Waals surface area contributed by atoms with E-state index in [1.165, 1.54) is 47.2 Å². The molecule has 2 amide bonds. The van der Waals surface area contributed by atoms with Gasteiger partial charge in [0.2, 0.25) is 0 Å². The van der Waals surface area contributed by atoms with E-state index >= 15 is 0 Å². The number of nitrogens with one attached hydrogen (secondary N) is 3. The molecule has 3 N–H and O–H groups in total. The molecule has 5 aromatic rings. The van der Waals surface area contributed by atoms with Crippen LogP contribution in [0.1, 0.15) is 233 Å². The summed E-state index contributed by atoms with van der Waals surface area (Å²) in [5.74, 6) is 0.992. The van der Waals surface area contributed by atoms with Crippen molar-refractivity contribution in [2.24, 2.45) is 0 Å². The summed E-state index contributed by atoms with van der Waals surface area (Å²) in [7, 11) is 3.34. The van der Waals surface area contributed by atoms with Gasteiger partial charge in [0.05, 0.1) is 5.69 Å². The minimum Gasteiger partial charge on any atom is -0.355 e. The molecule has 0 fully saturated rings. The Morgan fingerprint density at radius 2 is 0.948 bits per heavy atom. The summed E-state index contributed by atoms with van der Waals surface area (Å²) >= 11 is 3.37. The van der Waals surface area contributed by atoms with Gasteiger partial charge in [0.15, 0.2) is 0 Å². The Labute approximate surface area is 500 Å². The first kappa shape index (κ1) is 84.1. The summed E-state index contributed by atoms with van der Waals surface area (Å²) in [6.07, 6.45) is 9.15. The highest BCUT2D eigenvalue weighted by Gasteiger charge is 2.23. The predicted molar refractivity (Wildman–Crippen MR) is 357 cm³/mol. The largest absolute Gasteiger partial charge is 0.355 e. The van der Waals surface area contributed by atoms with Crippen LogP contribution in [-0.4, -0.2) is 54.0 Å². The van der Waals surface area contributed by atoms with Crippen molar-refractivity contribution in [3.05, 3.63) is 150 Å². The van der Waals surface area contributed by atoms with Crippen LogP contribution in [0.5, 0.6) is 0 Å². The van der Waals surface area contributed by atoms with E-state index in [0.717, 1.165) is 114 Å². The van der Waals surface area contributed by atoms with E-state index in [0.29, 0.717) is 0 Å². The van der Waals surface area contributed by atoms with Gasteiger partial charge in [0.25, 0.3) is 11.8 Å². The van der Waals surface area contributed by atoms with Crippen molar-refractivity contribution in [3.63, 3.8) is 0 Å². The molecule has 7 rings (SSSR count). The lowest BCUT2D eigenvalue weighted by atomic mass is 9.94. The Morgan fingerprint density at radius 1 is 0.532 bits per heavy atom. The molecule has 2 aliphatic rings. The number of unbranched alkanes of at least 4 members (excludes halogenated alkanes) is 1. The lowest BCUT2D eigenvalue weighted by molar-refractivity contribution is 0.0953. The summed E-state index contributed by atoms with van der Waals surface area (Å²) in [4.78, 5) is 39.4. The number of anilines is 1. The average Bonchev–Trinajstić information content (AvgIpc) is 3.48. The maximum atomic E-state index is 12.2. The van der Waals surface area contributed by atoms with E-state index in [1.807, 2.05) is 154 Å². The van der Waals surface area contributed by atoms with E-state index in [1.54, 1.807) is 14.1 Å². The van der Waals surface area contributed by atoms with Crippen LogP contribution in [0.3, 0.4) is 0 Å². The second-order valence-corrected chi connectivity index (χ2v) is 16.6. The SMILES string of the molecule is CC.CC.CC.CC.CC.CC.CC.CCCC.CCCc1ccc(C)nc1C.CCCc1ccc(N2CCc3cccc(C(=O)NC)c3C2)nc1C.CNC(=O)c1cccc2c1CNCC2.Cc1ccc(Br)c(C)n1.I. The molecule has 0 bridgehead atoms. The summed E-state index contributed by atoms with van der Waals surface area (Å²) in [5.41, 5.74) is 14.7. The first-order valence-corrected chi connectivity index (χ1v) is 30.2. The van der Waals surface area contributed by atoms with Gasteiger partial charge in [-0.2, -0.15) is 0 Å². The molecule has 0 radical (unpaired) electrons. The fourth-order valence-electron chi connectivity index (χ4n) is 7.19. The van der Waals surface area contributed by atoms with Gasteiger partial charge in [-0.05, 0) is 153 Å². The maximum Gasteiger partial charge on any atom is 0.251 e. The van der Waals surface area contributed by atoms with Crippen molar-refractivity contribution in [1.82, 2.24) is 30.9 Å². The Kier molecular flexibility index (Phi) is 61.7. The van der Waals surface area contributed by atoms with Crippen LogP contribution in [0, 0.1) is 34.6 Å². The van der Waals surface area contributed by atoms with Crippen LogP contribution in [0.15, 0.2) is 77.3 Å². The number of aromatic nitrogens is 3. The molecule has 9 nitrogen and oxygen atoms in total. The van der Waals surface area contributed by atoms with Crippen molar-refractivity contribution in [2.45, 2.75) is 224 Å². The number of carbonyl (C=O) groups is 2. The molecule has 440 valence electrons. The molecule has 0 spiro atoms. The van der Waals surface area contributed by atoms with Crippen molar-refractivity contribution in [1.29, 1.82) is 0 Å². The monoisotopic (exact) mass is 1240 g/mol. The van der Waals surface area contributed by atoms with Crippen molar-refractivity contribution >= 4 is 57.5 Å². The number of carbonyl (C=O) groups excluding carboxylic acids is 2. The van der Waals surface area contributed by atoms with Gasteiger partial charge in [-0.15, -0.1) is 24.0 Å². The van der Waals surface area contributed by atoms with Crippen LogP contribution in [0.2, 0.25) is 0 Å². The molecule has 2 aromatic carbocycles. The highest BCUT2D eigenvalue weighted by Crippen LogP contribution is 2.27. The van der Waals surface area contributed by atoms with Crippen LogP contribution < -0.4 is 20.9 Å². The topological polar surface area (TPSA) is 112 Å². The lowest BCUT2D eigenvalue weighted by Crippen LogP contribution is -2.33. The first-order valence-electron chi connectivity index (χ1n) is 29.4. The number of nitrogens with zero attached hydrogens (tertiary/aromatic N) is 4. The Balaban J connectivity index is -0.000000206. The lowest BCUT2D eigenvalue weighted by Gasteiger charge is -2.31. The Hall–Kier alpha value is -4.20. The van der Waals surface area contributed by atoms with Gasteiger partial charge < -0.3 is 20.9 Å². The molecule has 0 saturated heterocycles. The summed E-state index contributed by atoms with van der Waals surface area (Å²) in [6, 6.07) is 24.5. The van der Waals surface area contributed by atoms with Crippen LogP contribution >= 0.6 is 39.9 Å². The number of benzene rings is 2. The molecular weight excluding hydrogens is 1130 g/mol. The van der Waals surface area contributed by atoms with E-state index in [2.05, 4.69) is 125 Å². The van der Waals surface area contributed by atoms with Gasteiger partial charge in [-0.25, -0.2) is 4.98 Å². The average molecular weight is 1250 g/mol. The number of rotatable bonds is 8. The smallest absolute Gasteiger partial charge is 0.251 e. The highest BCUT2D eigenvalue weighted by molar-refractivity contribution is 14.0. The molecule has 0 atom stereocenters. The Morgan fingerprint density at radius 3 is 1.35 bits per heavy atom. The van der Waals surface area contributed by atoms with E-state index in [4.69, 9.17) is 4.98 Å². The van der Waals surface area contributed by atoms with Gasteiger partial charge in [-0.1, -0.05) is 187 Å². The van der Waals surface area contributed by atoms with Crippen molar-refractivity contribution in [2.75, 3.05) is 32.1 Å². The van der Waals surface area contributed by atoms with Crippen molar-refractivity contribution < 1.29 is 9.59 Å². The fraction of sp³-hybridized carbons (Fsp3) is 0.561. The van der Waals surface area contributed by atoms with E-state index in [-0.39, 0.29) is 35.8 Å². The third kappa shape index (κ3) is 33.8. The maximum absolute atomic E-state index is 12.2. The normalized spacial score (nSPS) is 10.4. The van der Waals surface area contributed by atoms with Crippen LogP contribution in [0.4, 0.5) is 5.82 Å². The van der Waals surface area contributed by atoms with Gasteiger partial charge in [0.1, 0.15) is 5.82 Å². The summed E-state index contributed by atoms with van der Waals surface area (Å²) in [5, 5.41) is 8.69. The molecule has 3 aromatic heterocycles. The fourth-order valence-corrected chi connectivity index (χ4v) is 7.41. The number of fused-ring (bicyclic) bond motifs is 2. The number of hydrogen-bond acceptors (Lipinski definition) is 7. The molecule has 11 heteroatoms. The standard InChI is InChI=1S/C20H25N3O.C11H14N2O.C10H15N.C7H8BrN.C4H10.7C2H6.HI/c1-4-6-15-9-10-19(22-14(15)2)23-12-11-16-7-5-8-17(18(16)13-23)20(24)21-3;1-12-11(14)9-4-2-3-8-5-6-13-7-10(8)9;1-4-5-10-7-6-8(2)11-9(10)3;1-5-3-4-7(8)6(2)9-5;1-3-4-2;7*1-2;/h5,7-10H,4,6,11-13H2,1-3H3,(H,21,24);2-4,13H,5-7H2,1H3,(H,12,14);6-7H,4-5H2,1-3H3;3-4H,1-2H3;3-4H2,1-2H3;7*1-2H3;1H. The summed E-state index contributed by atoms with van der Waals surface area (Å²) < 4.78 is 1.08. The zero-order chi connectivity index (χ0) is 59.6. The van der Waals surface area contributed by atoms with E-state index in [9.17, 15) is 9.59 Å². The molecule has 0 saturated carbocycles. The highest BCUT2D eigenvalue weighted by atomic mass is 127. The third-order valence-corrected chi connectivity index (χ3v) is 11.7. The predicted octanol–water partition coefficient (Wildman–Crippen LogP) is 18.7. The molecule has 0 aliphatic carbocycles.